The number of hydrogen-bond donors (Lipinski definition) is 1. The van der Waals surface area contributed by atoms with Gasteiger partial charge in [0.25, 0.3) is 0 Å². The normalized spacial score (nSPS) is 10.3. The lowest BCUT2D eigenvalue weighted by molar-refractivity contribution is 0.289. The summed E-state index contributed by atoms with van der Waals surface area (Å²) in [6.07, 6.45) is 3.70. The fraction of sp³-hybridized carbons (Fsp3) is 0.250. The van der Waals surface area contributed by atoms with E-state index in [1.54, 1.807) is 24.4 Å². The number of ether oxygens (including phenoxy) is 1. The molecule has 1 heterocycles. The monoisotopic (exact) mass is 218 g/mol. The van der Waals surface area contributed by atoms with Crippen molar-refractivity contribution in [3.8, 4) is 11.5 Å². The van der Waals surface area contributed by atoms with Crippen molar-refractivity contribution in [1.29, 1.82) is 0 Å². The van der Waals surface area contributed by atoms with Crippen molar-refractivity contribution in [1.82, 2.24) is 9.78 Å². The predicted molar refractivity (Wildman–Crippen MR) is 60.3 cm³/mol. The van der Waals surface area contributed by atoms with Crippen molar-refractivity contribution in [2.24, 2.45) is 0 Å². The average Bonchev–Trinajstić information content (AvgIpc) is 2.76. The average molecular weight is 218 g/mol. The first-order valence-corrected chi connectivity index (χ1v) is 5.21. The molecule has 2 aromatic rings. The molecule has 0 saturated heterocycles. The van der Waals surface area contributed by atoms with E-state index in [1.807, 2.05) is 23.9 Å². The molecule has 0 aliphatic rings. The second-order valence-electron chi connectivity index (χ2n) is 3.46. The Kier molecular flexibility index (Phi) is 3.10. The maximum absolute atomic E-state index is 9.49. The van der Waals surface area contributed by atoms with Crippen LogP contribution in [0.2, 0.25) is 0 Å². The van der Waals surface area contributed by atoms with E-state index in [4.69, 9.17) is 4.74 Å². The van der Waals surface area contributed by atoms with Gasteiger partial charge < -0.3 is 9.84 Å². The smallest absolute Gasteiger partial charge is 0.161 e. The molecule has 0 aliphatic carbocycles. The standard InChI is InChI=1S/C12H14N2O2/c1-2-14-8-10(7-13-14)9-16-12-6-4-3-5-11(12)15/h3-8,15H,2,9H2,1H3. The Labute approximate surface area is 94.1 Å². The van der Waals surface area contributed by atoms with Crippen LogP contribution in [0.3, 0.4) is 0 Å². The van der Waals surface area contributed by atoms with Crippen LogP contribution in [-0.4, -0.2) is 14.9 Å². The van der Waals surface area contributed by atoms with Gasteiger partial charge in [0.05, 0.1) is 6.20 Å². The van der Waals surface area contributed by atoms with Crippen molar-refractivity contribution >= 4 is 0 Å². The Morgan fingerprint density at radius 1 is 1.38 bits per heavy atom. The fourth-order valence-corrected chi connectivity index (χ4v) is 1.39. The van der Waals surface area contributed by atoms with Crippen molar-refractivity contribution in [2.75, 3.05) is 0 Å². The van der Waals surface area contributed by atoms with Crippen LogP contribution in [0.25, 0.3) is 0 Å². The van der Waals surface area contributed by atoms with Crippen molar-refractivity contribution in [2.45, 2.75) is 20.1 Å². The second-order valence-corrected chi connectivity index (χ2v) is 3.46. The predicted octanol–water partition coefficient (Wildman–Crippen LogP) is 2.19. The van der Waals surface area contributed by atoms with E-state index in [0.29, 0.717) is 12.4 Å². The molecule has 2 rings (SSSR count). The van der Waals surface area contributed by atoms with Gasteiger partial charge in [-0.15, -0.1) is 0 Å². The lowest BCUT2D eigenvalue weighted by Crippen LogP contribution is -1.95. The molecule has 1 N–H and O–H groups in total. The molecule has 16 heavy (non-hydrogen) atoms. The SMILES string of the molecule is CCn1cc(COc2ccccc2O)cn1. The maximum atomic E-state index is 9.49. The molecule has 0 saturated carbocycles. The first-order valence-electron chi connectivity index (χ1n) is 5.21. The van der Waals surface area contributed by atoms with Gasteiger partial charge in [-0.05, 0) is 19.1 Å². The molecule has 1 aromatic carbocycles. The summed E-state index contributed by atoms with van der Waals surface area (Å²) in [5.41, 5.74) is 0.991. The highest BCUT2D eigenvalue weighted by Crippen LogP contribution is 2.25. The molecular formula is C12H14N2O2. The Morgan fingerprint density at radius 2 is 2.19 bits per heavy atom. The zero-order valence-corrected chi connectivity index (χ0v) is 9.13. The third-order valence-electron chi connectivity index (χ3n) is 2.27. The zero-order chi connectivity index (χ0) is 11.4. The number of para-hydroxylation sites is 2. The third-order valence-corrected chi connectivity index (χ3v) is 2.27. The minimum atomic E-state index is 0.158. The molecule has 0 amide bonds. The molecule has 0 aliphatic heterocycles. The zero-order valence-electron chi connectivity index (χ0n) is 9.13. The molecule has 0 unspecified atom stereocenters. The fourth-order valence-electron chi connectivity index (χ4n) is 1.39. The Bertz CT molecular complexity index is 466. The summed E-state index contributed by atoms with van der Waals surface area (Å²) in [5.74, 6) is 0.650. The number of nitrogens with zero attached hydrogens (tertiary/aromatic N) is 2. The summed E-state index contributed by atoms with van der Waals surface area (Å²) in [4.78, 5) is 0. The summed E-state index contributed by atoms with van der Waals surface area (Å²) in [7, 11) is 0. The first-order chi connectivity index (χ1) is 7.79. The van der Waals surface area contributed by atoms with Crippen molar-refractivity contribution in [3.63, 3.8) is 0 Å². The van der Waals surface area contributed by atoms with Crippen molar-refractivity contribution < 1.29 is 9.84 Å². The molecule has 0 radical (unpaired) electrons. The Morgan fingerprint density at radius 3 is 2.88 bits per heavy atom. The Balaban J connectivity index is 1.99. The highest BCUT2D eigenvalue weighted by molar-refractivity contribution is 5.37. The van der Waals surface area contributed by atoms with Gasteiger partial charge in [-0.3, -0.25) is 4.68 Å². The molecule has 0 bridgehead atoms. The highest BCUT2D eigenvalue weighted by atomic mass is 16.5. The summed E-state index contributed by atoms with van der Waals surface area (Å²) < 4.78 is 7.31. The molecule has 1 aromatic heterocycles. The Hall–Kier alpha value is -1.97. The topological polar surface area (TPSA) is 47.3 Å². The largest absolute Gasteiger partial charge is 0.504 e. The maximum Gasteiger partial charge on any atom is 0.161 e. The van der Waals surface area contributed by atoms with Crippen LogP contribution < -0.4 is 4.74 Å². The summed E-state index contributed by atoms with van der Waals surface area (Å²) in [6, 6.07) is 6.92. The van der Waals surface area contributed by atoms with Gasteiger partial charge in [0, 0.05) is 18.3 Å². The van der Waals surface area contributed by atoms with Crippen LogP contribution in [0.4, 0.5) is 0 Å². The molecule has 4 heteroatoms. The van der Waals surface area contributed by atoms with E-state index in [0.717, 1.165) is 12.1 Å². The highest BCUT2D eigenvalue weighted by Gasteiger charge is 2.02. The first kappa shape index (κ1) is 10.5. The van der Waals surface area contributed by atoms with Crippen LogP contribution >= 0.6 is 0 Å². The van der Waals surface area contributed by atoms with Gasteiger partial charge in [0.1, 0.15) is 6.61 Å². The van der Waals surface area contributed by atoms with Gasteiger partial charge in [0.15, 0.2) is 11.5 Å². The number of aromatic nitrogens is 2. The molecule has 84 valence electrons. The number of aryl methyl sites for hydroxylation is 1. The molecular weight excluding hydrogens is 204 g/mol. The summed E-state index contributed by atoms with van der Waals surface area (Å²) >= 11 is 0. The van der Waals surface area contributed by atoms with E-state index in [1.165, 1.54) is 0 Å². The van der Waals surface area contributed by atoms with E-state index in [2.05, 4.69) is 5.10 Å². The molecule has 4 nitrogen and oxygen atoms in total. The van der Waals surface area contributed by atoms with Crippen molar-refractivity contribution in [3.05, 3.63) is 42.2 Å². The number of rotatable bonds is 4. The van der Waals surface area contributed by atoms with Gasteiger partial charge in [-0.1, -0.05) is 12.1 Å². The lowest BCUT2D eigenvalue weighted by Gasteiger charge is -2.05. The number of hydrogen-bond acceptors (Lipinski definition) is 3. The van der Waals surface area contributed by atoms with Gasteiger partial charge >= 0.3 is 0 Å². The summed E-state index contributed by atoms with van der Waals surface area (Å²) in [5, 5.41) is 13.6. The number of phenolic OH excluding ortho intramolecular Hbond substituents is 1. The lowest BCUT2D eigenvalue weighted by atomic mass is 10.3. The van der Waals surface area contributed by atoms with Crippen LogP contribution in [0.5, 0.6) is 11.5 Å². The quantitative estimate of drug-likeness (QED) is 0.855. The van der Waals surface area contributed by atoms with Crippen LogP contribution in [0.15, 0.2) is 36.7 Å². The summed E-state index contributed by atoms with van der Waals surface area (Å²) in [6.45, 7) is 3.29. The van der Waals surface area contributed by atoms with E-state index >= 15 is 0 Å². The van der Waals surface area contributed by atoms with Crippen LogP contribution in [0.1, 0.15) is 12.5 Å². The van der Waals surface area contributed by atoms with Crippen LogP contribution in [0, 0.1) is 0 Å². The van der Waals surface area contributed by atoms with Gasteiger partial charge in [-0.2, -0.15) is 5.10 Å². The van der Waals surface area contributed by atoms with E-state index < -0.39 is 0 Å². The van der Waals surface area contributed by atoms with E-state index in [-0.39, 0.29) is 5.75 Å². The number of benzene rings is 1. The third kappa shape index (κ3) is 2.34. The second kappa shape index (κ2) is 4.70. The van der Waals surface area contributed by atoms with E-state index in [9.17, 15) is 5.11 Å². The van der Waals surface area contributed by atoms with Gasteiger partial charge in [-0.25, -0.2) is 0 Å². The number of phenols is 1. The molecule has 0 fully saturated rings. The molecule has 0 atom stereocenters. The minimum Gasteiger partial charge on any atom is -0.504 e. The number of aromatic hydroxyl groups is 1. The van der Waals surface area contributed by atoms with Gasteiger partial charge in [0.2, 0.25) is 0 Å². The molecule has 0 spiro atoms. The van der Waals surface area contributed by atoms with Crippen LogP contribution in [-0.2, 0) is 13.2 Å². The minimum absolute atomic E-state index is 0.158.